The Labute approximate surface area is 173 Å². The molecule has 0 aromatic rings. The van der Waals surface area contributed by atoms with Crippen LogP contribution in [0.25, 0.3) is 0 Å². The summed E-state index contributed by atoms with van der Waals surface area (Å²) in [6, 6.07) is 0. The molecule has 0 aliphatic rings. The number of likely N-dealkylation sites (N-methyl/N-ethyl adjacent to an activating group) is 1. The average molecular weight is 388 g/mol. The molecule has 0 atom stereocenters. The molecule has 0 aromatic carbocycles. The van der Waals surface area contributed by atoms with Crippen LogP contribution in [0.1, 0.15) is 116 Å². The van der Waals surface area contributed by atoms with Gasteiger partial charge in [0.25, 0.3) is 0 Å². The number of hydrogen-bond donors (Lipinski definition) is 0. The van der Waals surface area contributed by atoms with E-state index in [1.807, 2.05) is 6.08 Å². The van der Waals surface area contributed by atoms with Crippen molar-refractivity contribution in [2.45, 2.75) is 116 Å². The highest BCUT2D eigenvalue weighted by atomic mass is 35.5. The molecular formula is C24H50ClN. The monoisotopic (exact) mass is 387 g/mol. The lowest BCUT2D eigenvalue weighted by molar-refractivity contribution is -0.884. The second kappa shape index (κ2) is 21.3. The van der Waals surface area contributed by atoms with Gasteiger partial charge in [-0.1, -0.05) is 110 Å². The van der Waals surface area contributed by atoms with Gasteiger partial charge in [0.1, 0.15) is 0 Å². The molecule has 0 spiro atoms. The van der Waals surface area contributed by atoms with Crippen LogP contribution < -0.4 is 12.4 Å². The summed E-state index contributed by atoms with van der Waals surface area (Å²) in [5.74, 6) is 0. The smallest absolute Gasteiger partial charge is 0.0966 e. The minimum atomic E-state index is 0. The van der Waals surface area contributed by atoms with Crippen LogP contribution in [0.4, 0.5) is 0 Å². The van der Waals surface area contributed by atoms with Crippen LogP contribution in [0, 0.1) is 0 Å². The first-order valence-electron chi connectivity index (χ1n) is 11.6. The summed E-state index contributed by atoms with van der Waals surface area (Å²) >= 11 is 0. The molecule has 0 aromatic heterocycles. The van der Waals surface area contributed by atoms with Crippen molar-refractivity contribution < 1.29 is 16.9 Å². The van der Waals surface area contributed by atoms with E-state index in [1.165, 1.54) is 116 Å². The van der Waals surface area contributed by atoms with Crippen molar-refractivity contribution in [3.05, 3.63) is 12.7 Å². The Bertz CT molecular complexity index is 275. The Morgan fingerprint density at radius 3 is 1.19 bits per heavy atom. The predicted molar refractivity (Wildman–Crippen MR) is 116 cm³/mol. The lowest BCUT2D eigenvalue weighted by atomic mass is 10.0. The fraction of sp³-hybridized carbons (Fsp3) is 0.917. The molecule has 0 amide bonds. The fourth-order valence-corrected chi connectivity index (χ4v) is 3.71. The summed E-state index contributed by atoms with van der Waals surface area (Å²) < 4.78 is 1.10. The predicted octanol–water partition coefficient (Wildman–Crippen LogP) is 4.90. The van der Waals surface area contributed by atoms with Crippen LogP contribution in [0.2, 0.25) is 0 Å². The zero-order chi connectivity index (χ0) is 18.6. The fourth-order valence-electron chi connectivity index (χ4n) is 3.71. The van der Waals surface area contributed by atoms with Gasteiger partial charge in [-0.3, -0.25) is 0 Å². The van der Waals surface area contributed by atoms with Gasteiger partial charge in [-0.2, -0.15) is 0 Å². The van der Waals surface area contributed by atoms with Gasteiger partial charge in [0.15, 0.2) is 0 Å². The van der Waals surface area contributed by atoms with E-state index >= 15 is 0 Å². The summed E-state index contributed by atoms with van der Waals surface area (Å²) in [6.07, 6.45) is 26.7. The lowest BCUT2D eigenvalue weighted by Crippen LogP contribution is -3.00. The summed E-state index contributed by atoms with van der Waals surface area (Å²) in [4.78, 5) is 0. The lowest BCUT2D eigenvalue weighted by Gasteiger charge is -2.28. The van der Waals surface area contributed by atoms with Gasteiger partial charge in [-0.15, -0.1) is 0 Å². The molecule has 0 saturated heterocycles. The molecule has 0 saturated carbocycles. The highest BCUT2D eigenvalue weighted by molar-refractivity contribution is 4.64. The SMILES string of the molecule is C=CC[N+](C)(C)CCCCCCCCCCCCCCCCCCC.[Cl-]. The van der Waals surface area contributed by atoms with Crippen LogP contribution in [0.3, 0.4) is 0 Å². The second-order valence-corrected chi connectivity index (χ2v) is 8.79. The zero-order valence-electron chi connectivity index (χ0n) is 18.5. The summed E-state index contributed by atoms with van der Waals surface area (Å²) in [5, 5.41) is 0. The Morgan fingerprint density at radius 1 is 0.577 bits per heavy atom. The number of unbranched alkanes of at least 4 members (excludes halogenated alkanes) is 16. The van der Waals surface area contributed by atoms with Crippen molar-refractivity contribution in [1.82, 2.24) is 0 Å². The first-order valence-corrected chi connectivity index (χ1v) is 11.6. The number of nitrogens with zero attached hydrogens (tertiary/aromatic N) is 1. The summed E-state index contributed by atoms with van der Waals surface area (Å²) in [5.41, 5.74) is 0. The molecule has 1 nitrogen and oxygen atoms in total. The highest BCUT2D eigenvalue weighted by Gasteiger charge is 2.11. The van der Waals surface area contributed by atoms with E-state index in [-0.39, 0.29) is 12.4 Å². The van der Waals surface area contributed by atoms with Crippen LogP contribution in [-0.2, 0) is 0 Å². The van der Waals surface area contributed by atoms with Crippen LogP contribution in [-0.4, -0.2) is 31.7 Å². The zero-order valence-corrected chi connectivity index (χ0v) is 19.3. The third-order valence-electron chi connectivity index (χ3n) is 5.49. The van der Waals surface area contributed by atoms with Gasteiger partial charge < -0.3 is 16.9 Å². The topological polar surface area (TPSA) is 0 Å². The average Bonchev–Trinajstić information content (AvgIpc) is 2.57. The maximum atomic E-state index is 3.86. The maximum Gasteiger partial charge on any atom is 0.0966 e. The van der Waals surface area contributed by atoms with Gasteiger partial charge in [-0.05, 0) is 18.9 Å². The first kappa shape index (κ1) is 28.2. The Balaban J connectivity index is 0. The Hall–Kier alpha value is -0.0100. The molecule has 158 valence electrons. The van der Waals surface area contributed by atoms with Crippen molar-refractivity contribution >= 4 is 0 Å². The van der Waals surface area contributed by atoms with Crippen LogP contribution >= 0.6 is 0 Å². The van der Waals surface area contributed by atoms with Gasteiger partial charge in [0, 0.05) is 0 Å². The number of hydrogen-bond acceptors (Lipinski definition) is 0. The van der Waals surface area contributed by atoms with Gasteiger partial charge >= 0.3 is 0 Å². The minimum Gasteiger partial charge on any atom is -1.00 e. The molecule has 0 heterocycles. The molecule has 26 heavy (non-hydrogen) atoms. The Kier molecular flexibility index (Phi) is 23.1. The van der Waals surface area contributed by atoms with Crippen molar-refractivity contribution in [3.8, 4) is 0 Å². The molecular weight excluding hydrogens is 338 g/mol. The quantitative estimate of drug-likeness (QED) is 0.158. The second-order valence-electron chi connectivity index (χ2n) is 8.79. The van der Waals surface area contributed by atoms with Gasteiger partial charge in [-0.25, -0.2) is 0 Å². The molecule has 0 bridgehead atoms. The van der Waals surface area contributed by atoms with Crippen LogP contribution in [0.15, 0.2) is 12.7 Å². The molecule has 2 heteroatoms. The number of rotatable bonds is 20. The largest absolute Gasteiger partial charge is 1.00 e. The van der Waals surface area contributed by atoms with E-state index in [4.69, 9.17) is 0 Å². The molecule has 0 aliphatic carbocycles. The highest BCUT2D eigenvalue weighted by Crippen LogP contribution is 2.14. The van der Waals surface area contributed by atoms with E-state index in [0.29, 0.717) is 0 Å². The van der Waals surface area contributed by atoms with Crippen molar-refractivity contribution in [1.29, 1.82) is 0 Å². The van der Waals surface area contributed by atoms with E-state index in [0.717, 1.165) is 11.0 Å². The normalized spacial score (nSPS) is 11.3. The minimum absolute atomic E-state index is 0. The van der Waals surface area contributed by atoms with Gasteiger partial charge in [0.05, 0.1) is 27.2 Å². The van der Waals surface area contributed by atoms with E-state index in [1.54, 1.807) is 0 Å². The first-order chi connectivity index (χ1) is 12.1. The maximum absolute atomic E-state index is 3.86. The molecule has 0 unspecified atom stereocenters. The molecule has 0 radical (unpaired) electrons. The molecule has 0 fully saturated rings. The standard InChI is InChI=1S/C24H50N.ClH/c1-5-7-8-9-10-11-12-13-14-15-16-17-18-19-20-21-22-24-25(3,4)23-6-2;/h6H,2,5,7-24H2,1,3-4H3;1H/q+1;/p-1. The van der Waals surface area contributed by atoms with Crippen molar-refractivity contribution in [2.24, 2.45) is 0 Å². The van der Waals surface area contributed by atoms with Crippen molar-refractivity contribution in [3.63, 3.8) is 0 Å². The van der Waals surface area contributed by atoms with E-state index in [9.17, 15) is 0 Å². The Morgan fingerprint density at radius 2 is 0.885 bits per heavy atom. The van der Waals surface area contributed by atoms with E-state index < -0.39 is 0 Å². The molecule has 0 aliphatic heterocycles. The molecule has 0 N–H and O–H groups in total. The third kappa shape index (κ3) is 22.0. The molecule has 0 rings (SSSR count). The number of halogens is 1. The van der Waals surface area contributed by atoms with Crippen LogP contribution in [0.5, 0.6) is 0 Å². The summed E-state index contributed by atoms with van der Waals surface area (Å²) in [6.45, 7) is 8.55. The van der Waals surface area contributed by atoms with E-state index in [2.05, 4.69) is 27.6 Å². The van der Waals surface area contributed by atoms with Gasteiger partial charge in [0.2, 0.25) is 0 Å². The summed E-state index contributed by atoms with van der Waals surface area (Å²) in [7, 11) is 4.63. The third-order valence-corrected chi connectivity index (χ3v) is 5.49. The number of quaternary nitrogens is 1. The van der Waals surface area contributed by atoms with Crippen molar-refractivity contribution in [2.75, 3.05) is 27.2 Å².